The van der Waals surface area contributed by atoms with E-state index in [9.17, 15) is 4.79 Å². The highest BCUT2D eigenvalue weighted by Crippen LogP contribution is 2.31. The third-order valence-electron chi connectivity index (χ3n) is 5.38. The summed E-state index contributed by atoms with van der Waals surface area (Å²) in [6, 6.07) is 13.5. The lowest BCUT2D eigenvalue weighted by Gasteiger charge is -2.24. The molecule has 1 fully saturated rings. The van der Waals surface area contributed by atoms with Gasteiger partial charge in [-0.2, -0.15) is 0 Å². The number of rotatable bonds is 7. The zero-order valence-electron chi connectivity index (χ0n) is 17.9. The van der Waals surface area contributed by atoms with Gasteiger partial charge in [-0.3, -0.25) is 9.78 Å². The summed E-state index contributed by atoms with van der Waals surface area (Å²) >= 11 is 0. The van der Waals surface area contributed by atoms with Crippen LogP contribution in [-0.4, -0.2) is 38.9 Å². The largest absolute Gasteiger partial charge is 0.493 e. The number of ether oxygens (including phenoxy) is 1. The molecule has 3 aromatic rings. The molecule has 7 heteroatoms. The highest BCUT2D eigenvalue weighted by molar-refractivity contribution is 5.77. The van der Waals surface area contributed by atoms with Crippen LogP contribution in [0.15, 0.2) is 54.9 Å². The SMILES string of the molecule is Cc1cccc(Nc2cncc(C3CCCN3C(=O)CCOc3ccccc3C)n2)n1. The number of nitrogens with zero attached hydrogens (tertiary/aromatic N) is 4. The Bertz CT molecular complexity index is 1060. The number of likely N-dealkylation sites (tertiary alicyclic amines) is 1. The Balaban J connectivity index is 1.39. The Morgan fingerprint density at radius 1 is 1.10 bits per heavy atom. The summed E-state index contributed by atoms with van der Waals surface area (Å²) in [6.45, 7) is 5.03. The lowest BCUT2D eigenvalue weighted by Crippen LogP contribution is -2.32. The molecular formula is C24H27N5O2. The molecule has 0 radical (unpaired) electrons. The molecule has 4 rings (SSSR count). The summed E-state index contributed by atoms with van der Waals surface area (Å²) < 4.78 is 5.81. The predicted octanol–water partition coefficient (Wildman–Crippen LogP) is 4.36. The first-order chi connectivity index (χ1) is 15.1. The van der Waals surface area contributed by atoms with Gasteiger partial charge in [0.1, 0.15) is 17.4 Å². The van der Waals surface area contributed by atoms with Crippen molar-refractivity contribution in [2.75, 3.05) is 18.5 Å². The molecule has 160 valence electrons. The Labute approximate surface area is 182 Å². The molecule has 0 aliphatic carbocycles. The molecule has 0 spiro atoms. The van der Waals surface area contributed by atoms with Crippen LogP contribution in [0, 0.1) is 13.8 Å². The number of amides is 1. The van der Waals surface area contributed by atoms with E-state index in [1.54, 1.807) is 12.4 Å². The van der Waals surface area contributed by atoms with Crippen molar-refractivity contribution in [3.05, 3.63) is 71.8 Å². The average molecular weight is 418 g/mol. The molecular weight excluding hydrogens is 390 g/mol. The van der Waals surface area contributed by atoms with Gasteiger partial charge >= 0.3 is 0 Å². The van der Waals surface area contributed by atoms with Crippen LogP contribution < -0.4 is 10.1 Å². The molecule has 1 saturated heterocycles. The van der Waals surface area contributed by atoms with E-state index in [4.69, 9.17) is 9.72 Å². The summed E-state index contributed by atoms with van der Waals surface area (Å²) in [5.74, 6) is 2.25. The van der Waals surface area contributed by atoms with Gasteiger partial charge in [-0.25, -0.2) is 9.97 Å². The van der Waals surface area contributed by atoms with Crippen molar-refractivity contribution in [1.82, 2.24) is 19.9 Å². The molecule has 0 saturated carbocycles. The number of anilines is 2. The minimum Gasteiger partial charge on any atom is -0.493 e. The smallest absolute Gasteiger partial charge is 0.226 e. The number of aromatic nitrogens is 3. The molecule has 1 unspecified atom stereocenters. The number of benzene rings is 1. The maximum absolute atomic E-state index is 12.9. The molecule has 1 atom stereocenters. The molecule has 0 bridgehead atoms. The normalized spacial score (nSPS) is 15.7. The molecule has 2 aromatic heterocycles. The first-order valence-corrected chi connectivity index (χ1v) is 10.6. The van der Waals surface area contributed by atoms with E-state index in [-0.39, 0.29) is 11.9 Å². The van der Waals surface area contributed by atoms with Crippen LogP contribution in [0.4, 0.5) is 11.6 Å². The van der Waals surface area contributed by atoms with E-state index in [0.717, 1.165) is 47.9 Å². The minimum absolute atomic E-state index is 0.0642. The number of carbonyl (C=O) groups excluding carboxylic acids is 1. The quantitative estimate of drug-likeness (QED) is 0.615. The molecule has 1 aliphatic heterocycles. The van der Waals surface area contributed by atoms with Crippen LogP contribution in [0.1, 0.15) is 42.3 Å². The fourth-order valence-corrected chi connectivity index (χ4v) is 3.83. The fraction of sp³-hybridized carbons (Fsp3) is 0.333. The van der Waals surface area contributed by atoms with Gasteiger partial charge in [0.15, 0.2) is 0 Å². The average Bonchev–Trinajstić information content (AvgIpc) is 3.25. The van der Waals surface area contributed by atoms with E-state index in [1.807, 2.05) is 61.2 Å². The molecule has 1 aromatic carbocycles. The van der Waals surface area contributed by atoms with Crippen LogP contribution in [0.5, 0.6) is 5.75 Å². The maximum Gasteiger partial charge on any atom is 0.226 e. The van der Waals surface area contributed by atoms with Crippen molar-refractivity contribution in [3.63, 3.8) is 0 Å². The van der Waals surface area contributed by atoms with Gasteiger partial charge in [-0.15, -0.1) is 0 Å². The molecule has 1 N–H and O–H groups in total. The monoisotopic (exact) mass is 417 g/mol. The van der Waals surface area contributed by atoms with E-state index in [1.165, 1.54) is 0 Å². The predicted molar refractivity (Wildman–Crippen MR) is 119 cm³/mol. The van der Waals surface area contributed by atoms with E-state index in [0.29, 0.717) is 18.8 Å². The number of nitrogens with one attached hydrogen (secondary N) is 1. The number of hydrogen-bond donors (Lipinski definition) is 1. The van der Waals surface area contributed by atoms with Crippen LogP contribution in [-0.2, 0) is 4.79 Å². The second-order valence-electron chi connectivity index (χ2n) is 7.73. The molecule has 7 nitrogen and oxygen atoms in total. The number of aryl methyl sites for hydroxylation is 2. The van der Waals surface area contributed by atoms with Crippen LogP contribution in [0.3, 0.4) is 0 Å². The van der Waals surface area contributed by atoms with Crippen molar-refractivity contribution >= 4 is 17.5 Å². The van der Waals surface area contributed by atoms with E-state index >= 15 is 0 Å². The van der Waals surface area contributed by atoms with E-state index in [2.05, 4.69) is 15.3 Å². The highest BCUT2D eigenvalue weighted by atomic mass is 16.5. The van der Waals surface area contributed by atoms with E-state index < -0.39 is 0 Å². The van der Waals surface area contributed by atoms with Crippen molar-refractivity contribution < 1.29 is 9.53 Å². The number of pyridine rings is 1. The van der Waals surface area contributed by atoms with Gasteiger partial charge in [0.05, 0.1) is 37.2 Å². The van der Waals surface area contributed by atoms with Crippen molar-refractivity contribution in [2.45, 2.75) is 39.2 Å². The van der Waals surface area contributed by atoms with Crippen molar-refractivity contribution in [1.29, 1.82) is 0 Å². The van der Waals surface area contributed by atoms with Crippen LogP contribution >= 0.6 is 0 Å². The maximum atomic E-state index is 12.9. The molecule has 31 heavy (non-hydrogen) atoms. The van der Waals surface area contributed by atoms with Gasteiger partial charge in [-0.1, -0.05) is 24.3 Å². The second-order valence-corrected chi connectivity index (χ2v) is 7.73. The summed E-state index contributed by atoms with van der Waals surface area (Å²) in [5.41, 5.74) is 2.79. The first kappa shape index (κ1) is 20.8. The summed E-state index contributed by atoms with van der Waals surface area (Å²) in [4.78, 5) is 28.3. The van der Waals surface area contributed by atoms with Gasteiger partial charge < -0.3 is 15.0 Å². The number of hydrogen-bond acceptors (Lipinski definition) is 6. The Morgan fingerprint density at radius 3 is 2.81 bits per heavy atom. The zero-order valence-corrected chi connectivity index (χ0v) is 17.9. The lowest BCUT2D eigenvalue weighted by molar-refractivity contribution is -0.132. The van der Waals surface area contributed by atoms with Gasteiger partial charge in [-0.05, 0) is 50.5 Å². The van der Waals surface area contributed by atoms with Gasteiger partial charge in [0.2, 0.25) is 5.91 Å². The van der Waals surface area contributed by atoms with Crippen LogP contribution in [0.25, 0.3) is 0 Å². The summed E-state index contributed by atoms with van der Waals surface area (Å²) in [5, 5.41) is 3.20. The van der Waals surface area contributed by atoms with Crippen molar-refractivity contribution in [2.24, 2.45) is 0 Å². The van der Waals surface area contributed by atoms with Crippen molar-refractivity contribution in [3.8, 4) is 5.75 Å². The lowest BCUT2D eigenvalue weighted by atomic mass is 10.1. The standard InChI is InChI=1S/C24H27N5O2/c1-17-7-3-4-10-21(17)31-14-12-24(30)29-13-6-9-20(29)19-15-25-16-23(27-19)28-22-11-5-8-18(2)26-22/h3-5,7-8,10-11,15-16,20H,6,9,12-14H2,1-2H3,(H,26,27,28). The fourth-order valence-electron chi connectivity index (χ4n) is 3.83. The highest BCUT2D eigenvalue weighted by Gasteiger charge is 2.31. The summed E-state index contributed by atoms with van der Waals surface area (Å²) in [7, 11) is 0. The molecule has 3 heterocycles. The Kier molecular flexibility index (Phi) is 6.40. The molecule has 1 aliphatic rings. The Morgan fingerprint density at radius 2 is 1.97 bits per heavy atom. The zero-order chi connectivity index (χ0) is 21.6. The summed E-state index contributed by atoms with van der Waals surface area (Å²) in [6.07, 6.45) is 5.59. The molecule has 1 amide bonds. The third-order valence-corrected chi connectivity index (χ3v) is 5.38. The second kappa shape index (κ2) is 9.55. The third kappa shape index (κ3) is 5.17. The van der Waals surface area contributed by atoms with Crippen LogP contribution in [0.2, 0.25) is 0 Å². The minimum atomic E-state index is -0.0642. The van der Waals surface area contributed by atoms with Gasteiger partial charge in [0, 0.05) is 12.2 Å². The number of para-hydroxylation sites is 1. The van der Waals surface area contributed by atoms with Gasteiger partial charge in [0.25, 0.3) is 0 Å². The topological polar surface area (TPSA) is 80.2 Å². The first-order valence-electron chi connectivity index (χ1n) is 10.6. The number of carbonyl (C=O) groups is 1. The Hall–Kier alpha value is -3.48.